The molecule has 7 heteroatoms. The molecule has 0 aliphatic rings. The zero-order valence-corrected chi connectivity index (χ0v) is 12.8. The maximum Gasteiger partial charge on any atom is 0.303 e. The second-order valence-electron chi connectivity index (χ2n) is 5.16. The number of carbonyl (C=O) groups excluding carboxylic acids is 1. The average molecular weight is 316 g/mol. The normalized spacial score (nSPS) is 10.4. The number of aromatic nitrogens is 3. The number of amides is 1. The number of nitrogens with zero attached hydrogens (tertiary/aromatic N) is 3. The molecule has 2 rings (SSSR count). The van der Waals surface area contributed by atoms with Crippen LogP contribution in [0.4, 0.5) is 0 Å². The van der Waals surface area contributed by atoms with Gasteiger partial charge in [0, 0.05) is 31.6 Å². The lowest BCUT2D eigenvalue weighted by molar-refractivity contribution is -0.137. The van der Waals surface area contributed by atoms with Crippen LogP contribution in [0.5, 0.6) is 0 Å². The molecule has 0 unspecified atom stereocenters. The molecule has 0 radical (unpaired) electrons. The van der Waals surface area contributed by atoms with E-state index in [1.807, 2.05) is 6.07 Å². The Morgan fingerprint density at radius 3 is 2.74 bits per heavy atom. The average Bonchev–Trinajstić information content (AvgIpc) is 3.08. The molecule has 2 heterocycles. The van der Waals surface area contributed by atoms with Crippen LogP contribution >= 0.6 is 0 Å². The highest BCUT2D eigenvalue weighted by atomic mass is 16.4. The lowest BCUT2D eigenvalue weighted by atomic mass is 10.1. The van der Waals surface area contributed by atoms with Crippen molar-refractivity contribution >= 4 is 11.9 Å². The van der Waals surface area contributed by atoms with Crippen molar-refractivity contribution in [2.75, 3.05) is 6.54 Å². The minimum atomic E-state index is -0.763. The molecule has 1 amide bonds. The van der Waals surface area contributed by atoms with Crippen LogP contribution in [0.15, 0.2) is 36.8 Å². The number of pyridine rings is 1. The molecular weight excluding hydrogens is 296 g/mol. The standard InChI is InChI=1S/C16H20N4O3/c21-15(22)6-3-1-2-4-8-18-16(23)14-12-13(7-10-17-14)20-11-5-9-19-20/h5,7,9-12H,1-4,6,8H2,(H,18,23)(H,21,22). The fourth-order valence-corrected chi connectivity index (χ4v) is 2.15. The van der Waals surface area contributed by atoms with Gasteiger partial charge in [0.15, 0.2) is 0 Å². The molecule has 7 nitrogen and oxygen atoms in total. The second-order valence-corrected chi connectivity index (χ2v) is 5.16. The Bertz CT molecular complexity index is 641. The zero-order valence-electron chi connectivity index (χ0n) is 12.8. The van der Waals surface area contributed by atoms with E-state index in [2.05, 4.69) is 15.4 Å². The Morgan fingerprint density at radius 2 is 2.00 bits per heavy atom. The van der Waals surface area contributed by atoms with Crippen LogP contribution in [0.25, 0.3) is 5.69 Å². The van der Waals surface area contributed by atoms with Gasteiger partial charge in [-0.3, -0.25) is 14.6 Å². The molecule has 0 atom stereocenters. The predicted molar refractivity (Wildman–Crippen MR) is 84.4 cm³/mol. The van der Waals surface area contributed by atoms with E-state index in [1.165, 1.54) is 0 Å². The molecule has 0 spiro atoms. The largest absolute Gasteiger partial charge is 0.481 e. The Labute approximate surface area is 134 Å². The van der Waals surface area contributed by atoms with E-state index < -0.39 is 5.97 Å². The summed E-state index contributed by atoms with van der Waals surface area (Å²) in [5, 5.41) is 15.5. The Hall–Kier alpha value is -2.70. The number of rotatable bonds is 9. The number of nitrogens with one attached hydrogen (secondary N) is 1. The second kappa shape index (κ2) is 8.67. The van der Waals surface area contributed by atoms with E-state index in [9.17, 15) is 9.59 Å². The van der Waals surface area contributed by atoms with Crippen LogP contribution in [-0.4, -0.2) is 38.3 Å². The summed E-state index contributed by atoms with van der Waals surface area (Å²) in [5.41, 5.74) is 1.13. The fraction of sp³-hybridized carbons (Fsp3) is 0.375. The Kier molecular flexibility index (Phi) is 6.28. The van der Waals surface area contributed by atoms with Gasteiger partial charge in [-0.2, -0.15) is 5.10 Å². The van der Waals surface area contributed by atoms with Crippen molar-refractivity contribution in [3.8, 4) is 5.69 Å². The SMILES string of the molecule is O=C(O)CCCCCCNC(=O)c1cc(-n2cccn2)ccn1. The molecule has 0 saturated heterocycles. The molecule has 122 valence electrons. The fourth-order valence-electron chi connectivity index (χ4n) is 2.15. The van der Waals surface area contributed by atoms with Crippen molar-refractivity contribution in [3.63, 3.8) is 0 Å². The first kappa shape index (κ1) is 16.7. The first-order chi connectivity index (χ1) is 11.2. The first-order valence-corrected chi connectivity index (χ1v) is 7.63. The summed E-state index contributed by atoms with van der Waals surface area (Å²) in [6, 6.07) is 5.28. The van der Waals surface area contributed by atoms with Gasteiger partial charge in [-0.15, -0.1) is 0 Å². The van der Waals surface area contributed by atoms with Crippen molar-refractivity contribution in [1.82, 2.24) is 20.1 Å². The van der Waals surface area contributed by atoms with Crippen molar-refractivity contribution in [1.29, 1.82) is 0 Å². The van der Waals surface area contributed by atoms with E-state index in [4.69, 9.17) is 5.11 Å². The molecule has 0 saturated carbocycles. The highest BCUT2D eigenvalue weighted by Gasteiger charge is 2.08. The summed E-state index contributed by atoms with van der Waals surface area (Å²) in [4.78, 5) is 26.5. The third-order valence-electron chi connectivity index (χ3n) is 3.35. The maximum atomic E-state index is 12.1. The molecular formula is C16H20N4O3. The van der Waals surface area contributed by atoms with Gasteiger partial charge in [-0.05, 0) is 31.0 Å². The van der Waals surface area contributed by atoms with Gasteiger partial charge in [0.05, 0.1) is 5.69 Å². The van der Waals surface area contributed by atoms with Crippen LogP contribution in [0.1, 0.15) is 42.6 Å². The highest BCUT2D eigenvalue weighted by Crippen LogP contribution is 2.07. The van der Waals surface area contributed by atoms with Crippen LogP contribution in [0.2, 0.25) is 0 Å². The molecule has 2 aromatic heterocycles. The lowest BCUT2D eigenvalue weighted by Crippen LogP contribution is -2.25. The van der Waals surface area contributed by atoms with Crippen LogP contribution in [-0.2, 0) is 4.79 Å². The number of hydrogen-bond donors (Lipinski definition) is 2. The van der Waals surface area contributed by atoms with Gasteiger partial charge in [0.2, 0.25) is 0 Å². The number of unbranched alkanes of at least 4 members (excludes halogenated alkanes) is 3. The summed E-state index contributed by atoms with van der Waals surface area (Å²) < 4.78 is 1.67. The number of aliphatic carboxylic acids is 1. The van der Waals surface area contributed by atoms with Crippen molar-refractivity contribution < 1.29 is 14.7 Å². The Balaban J connectivity index is 1.74. The number of carbonyl (C=O) groups is 2. The summed E-state index contributed by atoms with van der Waals surface area (Å²) >= 11 is 0. The molecule has 0 fully saturated rings. The van der Waals surface area contributed by atoms with Gasteiger partial charge in [-0.25, -0.2) is 4.68 Å². The quantitative estimate of drug-likeness (QED) is 0.690. The predicted octanol–water partition coefficient (Wildman–Crippen LogP) is 2.03. The van der Waals surface area contributed by atoms with Gasteiger partial charge >= 0.3 is 5.97 Å². The molecule has 23 heavy (non-hydrogen) atoms. The Morgan fingerprint density at radius 1 is 1.17 bits per heavy atom. The molecule has 0 aliphatic carbocycles. The van der Waals surface area contributed by atoms with Gasteiger partial charge in [-0.1, -0.05) is 12.8 Å². The van der Waals surface area contributed by atoms with Crippen LogP contribution in [0, 0.1) is 0 Å². The minimum absolute atomic E-state index is 0.205. The third kappa shape index (κ3) is 5.54. The van der Waals surface area contributed by atoms with E-state index in [0.29, 0.717) is 18.7 Å². The van der Waals surface area contributed by atoms with E-state index in [0.717, 1.165) is 24.9 Å². The van der Waals surface area contributed by atoms with Gasteiger partial charge in [0.25, 0.3) is 5.91 Å². The third-order valence-corrected chi connectivity index (χ3v) is 3.35. The van der Waals surface area contributed by atoms with Gasteiger partial charge < -0.3 is 10.4 Å². The maximum absolute atomic E-state index is 12.1. The minimum Gasteiger partial charge on any atom is -0.481 e. The number of carboxylic acids is 1. The summed E-state index contributed by atoms with van der Waals surface area (Å²) in [6.07, 6.45) is 8.51. The van der Waals surface area contributed by atoms with Crippen molar-refractivity contribution in [2.45, 2.75) is 32.1 Å². The van der Waals surface area contributed by atoms with E-state index in [1.54, 1.807) is 35.4 Å². The molecule has 0 bridgehead atoms. The lowest BCUT2D eigenvalue weighted by Gasteiger charge is -2.06. The van der Waals surface area contributed by atoms with Gasteiger partial charge in [0.1, 0.15) is 5.69 Å². The first-order valence-electron chi connectivity index (χ1n) is 7.63. The monoisotopic (exact) mass is 316 g/mol. The highest BCUT2D eigenvalue weighted by molar-refractivity contribution is 5.92. The zero-order chi connectivity index (χ0) is 16.5. The van der Waals surface area contributed by atoms with Crippen LogP contribution < -0.4 is 5.32 Å². The van der Waals surface area contributed by atoms with Crippen molar-refractivity contribution in [2.24, 2.45) is 0 Å². The number of hydrogen-bond acceptors (Lipinski definition) is 4. The van der Waals surface area contributed by atoms with E-state index in [-0.39, 0.29) is 12.3 Å². The molecule has 2 N–H and O–H groups in total. The van der Waals surface area contributed by atoms with Crippen molar-refractivity contribution in [3.05, 3.63) is 42.5 Å². The summed E-state index contributed by atoms with van der Waals surface area (Å²) in [6.45, 7) is 0.555. The number of carboxylic acid groups (broad SMARTS) is 1. The molecule has 2 aromatic rings. The topological polar surface area (TPSA) is 97.1 Å². The smallest absolute Gasteiger partial charge is 0.303 e. The summed E-state index contributed by atoms with van der Waals surface area (Å²) in [7, 11) is 0. The summed E-state index contributed by atoms with van der Waals surface area (Å²) in [5.74, 6) is -0.981. The van der Waals surface area contributed by atoms with E-state index >= 15 is 0 Å². The van der Waals surface area contributed by atoms with Crippen LogP contribution in [0.3, 0.4) is 0 Å². The molecule has 0 aromatic carbocycles. The molecule has 0 aliphatic heterocycles.